The van der Waals surface area contributed by atoms with Crippen LogP contribution in [-0.4, -0.2) is 64.5 Å². The molecule has 0 aromatic heterocycles. The number of carbonyl (C=O) groups is 1. The Hall–Kier alpha value is -1.54. The molecule has 2 aliphatic rings. The van der Waals surface area contributed by atoms with Crippen molar-refractivity contribution in [1.82, 2.24) is 4.90 Å². The molecule has 2 aromatic rings. The lowest BCUT2D eigenvalue weighted by atomic mass is 9.81. The topological polar surface area (TPSA) is 57.2 Å². The van der Waals surface area contributed by atoms with Gasteiger partial charge in [-0.15, -0.1) is 0 Å². The summed E-state index contributed by atoms with van der Waals surface area (Å²) in [6.45, 7) is 11.2. The number of carbonyl (C=O) groups excluding carboxylic acids is 1. The SMILES string of the molecule is CCOP(=S)(CC1CN2C(=O)OC[C@@H]2C[C@@H]1CCO[Si](c1ccccc1)(c1ccccc1)C(C)(C)C)OCC. The van der Waals surface area contributed by atoms with Crippen molar-refractivity contribution in [3.63, 3.8) is 0 Å². The van der Waals surface area contributed by atoms with Crippen LogP contribution in [0.2, 0.25) is 5.04 Å². The average Bonchev–Trinajstić information content (AvgIpc) is 3.26. The fourth-order valence-electron chi connectivity index (χ4n) is 6.36. The maximum absolute atomic E-state index is 12.5. The molecular formula is C30H44NO5PSSi. The van der Waals surface area contributed by atoms with Crippen LogP contribution < -0.4 is 10.4 Å². The predicted molar refractivity (Wildman–Crippen MR) is 164 cm³/mol. The lowest BCUT2D eigenvalue weighted by Crippen LogP contribution is -2.66. The molecule has 9 heteroatoms. The van der Waals surface area contributed by atoms with E-state index in [-0.39, 0.29) is 23.1 Å². The molecule has 1 amide bonds. The molecule has 0 saturated carbocycles. The molecule has 214 valence electrons. The summed E-state index contributed by atoms with van der Waals surface area (Å²) in [5, 5.41) is 2.50. The number of hydrogen-bond donors (Lipinski definition) is 0. The second-order valence-corrected chi connectivity index (χ2v) is 19.6. The molecule has 4 rings (SSSR count). The Labute approximate surface area is 240 Å². The second-order valence-electron chi connectivity index (χ2n) is 11.6. The van der Waals surface area contributed by atoms with Crippen molar-refractivity contribution in [1.29, 1.82) is 0 Å². The van der Waals surface area contributed by atoms with Crippen molar-refractivity contribution < 1.29 is 23.0 Å². The summed E-state index contributed by atoms with van der Waals surface area (Å²) in [6.07, 6.45) is 2.22. The highest BCUT2D eigenvalue weighted by atomic mass is 32.5. The average molecular weight is 590 g/mol. The highest BCUT2D eigenvalue weighted by Gasteiger charge is 2.50. The Morgan fingerprint density at radius 1 is 0.974 bits per heavy atom. The minimum atomic E-state index is -2.62. The van der Waals surface area contributed by atoms with E-state index in [1.807, 2.05) is 18.7 Å². The van der Waals surface area contributed by atoms with Gasteiger partial charge < -0.3 is 23.1 Å². The Balaban J connectivity index is 1.60. The zero-order chi connectivity index (χ0) is 28.1. The van der Waals surface area contributed by atoms with Crippen molar-refractivity contribution in [2.45, 2.75) is 58.5 Å². The third-order valence-corrected chi connectivity index (χ3v) is 16.4. The summed E-state index contributed by atoms with van der Waals surface area (Å²) >= 11 is 5.94. The van der Waals surface area contributed by atoms with Crippen molar-refractivity contribution >= 4 is 43.1 Å². The number of fused-ring (bicyclic) bond motifs is 1. The van der Waals surface area contributed by atoms with E-state index in [1.165, 1.54) is 10.4 Å². The van der Waals surface area contributed by atoms with E-state index >= 15 is 0 Å². The zero-order valence-corrected chi connectivity index (χ0v) is 26.7. The summed E-state index contributed by atoms with van der Waals surface area (Å²) in [5.41, 5.74) is 0. The monoisotopic (exact) mass is 589 g/mol. The number of nitrogens with zero attached hydrogens (tertiary/aromatic N) is 1. The van der Waals surface area contributed by atoms with E-state index in [1.54, 1.807) is 0 Å². The van der Waals surface area contributed by atoms with Crippen LogP contribution in [0.3, 0.4) is 0 Å². The Bertz CT molecular complexity index is 1080. The largest absolute Gasteiger partial charge is 0.447 e. The van der Waals surface area contributed by atoms with Gasteiger partial charge in [-0.3, -0.25) is 0 Å². The second kappa shape index (κ2) is 13.0. The minimum Gasteiger partial charge on any atom is -0.447 e. The van der Waals surface area contributed by atoms with E-state index in [9.17, 15) is 4.79 Å². The zero-order valence-electron chi connectivity index (χ0n) is 24.0. The van der Waals surface area contributed by atoms with E-state index in [2.05, 4.69) is 81.4 Å². The van der Waals surface area contributed by atoms with E-state index in [0.29, 0.717) is 45.1 Å². The molecule has 2 saturated heterocycles. The van der Waals surface area contributed by atoms with Gasteiger partial charge in [0, 0.05) is 19.3 Å². The predicted octanol–water partition coefficient (Wildman–Crippen LogP) is 5.79. The van der Waals surface area contributed by atoms with Gasteiger partial charge in [0.25, 0.3) is 8.32 Å². The van der Waals surface area contributed by atoms with Gasteiger partial charge in [-0.2, -0.15) is 0 Å². The van der Waals surface area contributed by atoms with Crippen LogP contribution in [0.1, 0.15) is 47.5 Å². The first-order valence-electron chi connectivity index (χ1n) is 14.2. The van der Waals surface area contributed by atoms with E-state index in [4.69, 9.17) is 30.0 Å². The molecule has 2 fully saturated rings. The lowest BCUT2D eigenvalue weighted by Gasteiger charge is -2.44. The third-order valence-electron chi connectivity index (χ3n) is 8.08. The molecule has 0 radical (unpaired) electrons. The van der Waals surface area contributed by atoms with Crippen molar-refractivity contribution in [2.75, 3.05) is 39.1 Å². The molecule has 2 aromatic carbocycles. The number of ether oxygens (including phenoxy) is 1. The number of hydrogen-bond acceptors (Lipinski definition) is 6. The van der Waals surface area contributed by atoms with Gasteiger partial charge in [-0.25, -0.2) is 4.79 Å². The first kappa shape index (κ1) is 30.4. The standard InChI is InChI=1S/C30H44NO5PSSi/c1-6-34-37(38,35-7-2)23-25-21-31-26(22-33-29(31)32)20-24(25)18-19-36-39(30(3,4)5,27-14-10-8-11-15-27)28-16-12-9-13-17-28/h8-17,24-26H,6-7,18-23H2,1-5H3/t24-,25?,26-/m0/s1. The van der Waals surface area contributed by atoms with Crippen molar-refractivity contribution in [3.05, 3.63) is 60.7 Å². The molecule has 2 aliphatic heterocycles. The summed E-state index contributed by atoms with van der Waals surface area (Å²) in [7, 11) is -2.62. The van der Waals surface area contributed by atoms with Crippen LogP contribution in [0.4, 0.5) is 4.79 Å². The third kappa shape index (κ3) is 6.69. The van der Waals surface area contributed by atoms with Crippen LogP contribution in [0.15, 0.2) is 60.7 Å². The highest BCUT2D eigenvalue weighted by Crippen LogP contribution is 2.52. The van der Waals surface area contributed by atoms with Crippen LogP contribution in [-0.2, 0) is 30.0 Å². The van der Waals surface area contributed by atoms with Crippen molar-refractivity contribution in [3.8, 4) is 0 Å². The quantitative estimate of drug-likeness (QED) is 0.231. The van der Waals surface area contributed by atoms with Gasteiger partial charge in [0.1, 0.15) is 6.61 Å². The Kier molecular flexibility index (Phi) is 10.1. The molecule has 1 unspecified atom stereocenters. The molecule has 0 N–H and O–H groups in total. The summed E-state index contributed by atoms with van der Waals surface area (Å²) in [5.74, 6) is 0.515. The normalized spacial score (nSPS) is 22.0. The number of cyclic esters (lactones) is 1. The van der Waals surface area contributed by atoms with E-state index in [0.717, 1.165) is 12.8 Å². The van der Waals surface area contributed by atoms with Crippen molar-refractivity contribution in [2.24, 2.45) is 11.8 Å². The van der Waals surface area contributed by atoms with Gasteiger partial charge >= 0.3 is 6.09 Å². The number of rotatable bonds is 12. The Morgan fingerprint density at radius 2 is 1.54 bits per heavy atom. The minimum absolute atomic E-state index is 0.0740. The van der Waals surface area contributed by atoms with Crippen LogP contribution >= 0.6 is 6.49 Å². The number of piperidine rings is 1. The number of benzene rings is 2. The highest BCUT2D eigenvalue weighted by molar-refractivity contribution is 8.09. The van der Waals surface area contributed by atoms with Gasteiger partial charge in [-0.05, 0) is 65.7 Å². The Morgan fingerprint density at radius 3 is 2.05 bits per heavy atom. The molecule has 3 atom stereocenters. The lowest BCUT2D eigenvalue weighted by molar-refractivity contribution is 0.102. The number of amides is 1. The summed E-state index contributed by atoms with van der Waals surface area (Å²) in [6, 6.07) is 21.6. The maximum atomic E-state index is 12.5. The fourth-order valence-corrected chi connectivity index (χ4v) is 14.2. The van der Waals surface area contributed by atoms with Gasteiger partial charge in [0.2, 0.25) is 0 Å². The summed E-state index contributed by atoms with van der Waals surface area (Å²) in [4.78, 5) is 14.3. The molecule has 2 heterocycles. The van der Waals surface area contributed by atoms with Crippen LogP contribution in [0, 0.1) is 11.8 Å². The molecule has 0 aliphatic carbocycles. The molecule has 39 heavy (non-hydrogen) atoms. The summed E-state index contributed by atoms with van der Waals surface area (Å²) < 4.78 is 24.7. The first-order chi connectivity index (χ1) is 18.6. The van der Waals surface area contributed by atoms with Gasteiger partial charge in [0.15, 0.2) is 6.49 Å². The molecule has 0 bridgehead atoms. The van der Waals surface area contributed by atoms with Gasteiger partial charge in [-0.1, -0.05) is 81.4 Å². The van der Waals surface area contributed by atoms with Gasteiger partial charge in [0.05, 0.1) is 19.3 Å². The maximum Gasteiger partial charge on any atom is 0.410 e. The van der Waals surface area contributed by atoms with Crippen LogP contribution in [0.5, 0.6) is 0 Å². The first-order valence-corrected chi connectivity index (χ1v) is 18.9. The van der Waals surface area contributed by atoms with E-state index < -0.39 is 14.8 Å². The molecule has 0 spiro atoms. The fraction of sp³-hybridized carbons (Fsp3) is 0.567. The van der Waals surface area contributed by atoms with Crippen LogP contribution in [0.25, 0.3) is 0 Å². The smallest absolute Gasteiger partial charge is 0.410 e. The molecule has 6 nitrogen and oxygen atoms in total. The molecular weight excluding hydrogens is 545 g/mol.